The zero-order valence-electron chi connectivity index (χ0n) is 24.4. The van der Waals surface area contributed by atoms with Crippen LogP contribution in [0.4, 0.5) is 0 Å². The van der Waals surface area contributed by atoms with Crippen molar-refractivity contribution in [1.29, 1.82) is 0 Å². The van der Waals surface area contributed by atoms with Crippen LogP contribution in [0.5, 0.6) is 11.5 Å². The van der Waals surface area contributed by atoms with Gasteiger partial charge < -0.3 is 29.2 Å². The van der Waals surface area contributed by atoms with E-state index in [4.69, 9.17) is 24.1 Å². The summed E-state index contributed by atoms with van der Waals surface area (Å²) in [7, 11) is 0. The van der Waals surface area contributed by atoms with Crippen LogP contribution in [-0.4, -0.2) is 108 Å². The van der Waals surface area contributed by atoms with Gasteiger partial charge in [-0.15, -0.1) is 12.5 Å². The van der Waals surface area contributed by atoms with Crippen molar-refractivity contribution in [3.8, 4) is 11.5 Å². The number of aromatic carboxylic acids is 1. The first-order valence-electron chi connectivity index (χ1n) is 14.1. The number of pyridine rings is 2. The van der Waals surface area contributed by atoms with Crippen LogP contribution in [0, 0.1) is 6.42 Å². The molecule has 1 aromatic carbocycles. The Bertz CT molecular complexity index is 1330. The number of hydrogen-bond donors (Lipinski definition) is 2. The van der Waals surface area contributed by atoms with Gasteiger partial charge in [-0.1, -0.05) is 30.0 Å². The fourth-order valence-electron chi connectivity index (χ4n) is 4.45. The van der Waals surface area contributed by atoms with Crippen molar-refractivity contribution in [2.45, 2.75) is 13.1 Å². The molecule has 0 bridgehead atoms. The van der Waals surface area contributed by atoms with Crippen molar-refractivity contribution in [2.75, 3.05) is 65.8 Å². The third-order valence-electron chi connectivity index (χ3n) is 6.55. The Morgan fingerprint density at radius 3 is 1.75 bits per heavy atom. The maximum Gasteiger partial charge on any atom is 0.354 e. The zero-order valence-corrected chi connectivity index (χ0v) is 27.3. The molecule has 44 heavy (non-hydrogen) atoms. The maximum absolute atomic E-state index is 11.4. The molecule has 3 heterocycles. The summed E-state index contributed by atoms with van der Waals surface area (Å²) >= 11 is 0. The average molecular weight is 777 g/mol. The van der Waals surface area contributed by atoms with E-state index in [-0.39, 0.29) is 26.8 Å². The minimum absolute atomic E-state index is 0. The second kappa shape index (κ2) is 19.0. The molecular formula is C31H37N4O8W-. The van der Waals surface area contributed by atoms with Gasteiger partial charge in [0.2, 0.25) is 5.97 Å². The maximum atomic E-state index is 11.4. The summed E-state index contributed by atoms with van der Waals surface area (Å²) in [5.74, 6) is -0.851. The standard InChI is InChI=1S/C31H37N4O8.W/c36-30(37)21-24-5-3-6-25(32-24)22-34-11-15-40-19-20-41-16-12-35(23-26-7-4-8-27(33-26)31(38)39)14-18-43-29-10-2-1-9-28(29)42-17-13-34;/h1-10,21H,11-20,22-23H2,(H,36,37)(H,38,39);/q-1;. The van der Waals surface area contributed by atoms with Crippen LogP contribution in [0.15, 0.2) is 60.7 Å². The molecule has 0 spiro atoms. The predicted molar refractivity (Wildman–Crippen MR) is 156 cm³/mol. The summed E-state index contributed by atoms with van der Waals surface area (Å²) in [4.78, 5) is 35.4. The topological polar surface area (TPSA) is 144 Å². The number of carboxylic acids is 2. The van der Waals surface area contributed by atoms with Gasteiger partial charge in [0.1, 0.15) is 18.9 Å². The molecular weight excluding hydrogens is 740 g/mol. The summed E-state index contributed by atoms with van der Waals surface area (Å²) in [6, 6.07) is 17.8. The van der Waals surface area contributed by atoms with Crippen LogP contribution in [0.25, 0.3) is 0 Å². The van der Waals surface area contributed by atoms with Gasteiger partial charge in [0.25, 0.3) is 0 Å². The Hall–Kier alpha value is -3.54. The van der Waals surface area contributed by atoms with E-state index in [2.05, 4.69) is 19.8 Å². The van der Waals surface area contributed by atoms with Crippen LogP contribution in [0.3, 0.4) is 0 Å². The van der Waals surface area contributed by atoms with E-state index < -0.39 is 11.9 Å². The molecule has 0 aliphatic carbocycles. The third kappa shape index (κ3) is 12.2. The minimum Gasteiger partial charge on any atom is -0.491 e. The van der Waals surface area contributed by atoms with Gasteiger partial charge >= 0.3 is 5.97 Å². The Kier molecular flexibility index (Phi) is 15.1. The number of hydrogen-bond acceptors (Lipinski definition) is 10. The molecule has 2 N–H and O–H groups in total. The van der Waals surface area contributed by atoms with E-state index >= 15 is 0 Å². The average Bonchev–Trinajstić information content (AvgIpc) is 2.98. The molecule has 1 aliphatic rings. The first-order chi connectivity index (χ1) is 21.0. The third-order valence-corrected chi connectivity index (χ3v) is 6.55. The number of aliphatic carboxylic acids is 1. The van der Waals surface area contributed by atoms with E-state index in [0.717, 1.165) is 12.1 Å². The molecule has 236 valence electrons. The van der Waals surface area contributed by atoms with Crippen LogP contribution < -0.4 is 9.47 Å². The number of carboxylic acid groups (broad SMARTS) is 2. The van der Waals surface area contributed by atoms with E-state index in [1.54, 1.807) is 24.3 Å². The van der Waals surface area contributed by atoms with E-state index in [1.165, 1.54) is 6.07 Å². The summed E-state index contributed by atoms with van der Waals surface area (Å²) in [5.41, 5.74) is 1.81. The first-order valence-corrected chi connectivity index (χ1v) is 14.1. The van der Waals surface area contributed by atoms with Gasteiger partial charge in [-0.25, -0.2) is 9.78 Å². The summed E-state index contributed by atoms with van der Waals surface area (Å²) in [6.07, 6.45) is 1.08. The molecule has 0 fully saturated rings. The molecule has 1 aliphatic heterocycles. The van der Waals surface area contributed by atoms with Crippen molar-refractivity contribution in [3.05, 3.63) is 89.9 Å². The quantitative estimate of drug-likeness (QED) is 0.341. The largest absolute Gasteiger partial charge is 0.491 e. The molecule has 3 aromatic rings. The van der Waals surface area contributed by atoms with E-state index in [0.29, 0.717) is 102 Å². The summed E-state index contributed by atoms with van der Waals surface area (Å²) in [5, 5.41) is 18.4. The van der Waals surface area contributed by atoms with Gasteiger partial charge in [0.15, 0.2) is 11.5 Å². The van der Waals surface area contributed by atoms with Crippen molar-refractivity contribution in [1.82, 2.24) is 19.8 Å². The van der Waals surface area contributed by atoms with Gasteiger partial charge in [0.05, 0.1) is 32.1 Å². The predicted octanol–water partition coefficient (Wildman–Crippen LogP) is 2.62. The monoisotopic (exact) mass is 777 g/mol. The van der Waals surface area contributed by atoms with Gasteiger partial charge in [-0.2, -0.15) is 6.07 Å². The fourth-order valence-corrected chi connectivity index (χ4v) is 4.45. The first kappa shape index (κ1) is 34.9. The van der Waals surface area contributed by atoms with Gasteiger partial charge in [-0.05, 0) is 24.3 Å². The SMILES string of the molecule is O=C(O)[CH-]c1cccc(CN2CCOCCOCCN(Cc3cccc(C(=O)O)n3)CCOc3ccccc3OCC2)n1.[W]. The minimum atomic E-state index is -1.06. The van der Waals surface area contributed by atoms with Crippen molar-refractivity contribution < 1.29 is 59.8 Å². The molecule has 13 heteroatoms. The second-order valence-corrected chi connectivity index (χ2v) is 9.78. The normalized spacial score (nSPS) is 16.1. The fraction of sp³-hybridized carbons (Fsp3) is 0.387. The number of ether oxygens (including phenoxy) is 4. The van der Waals surface area contributed by atoms with E-state index in [9.17, 15) is 14.7 Å². The molecule has 0 atom stereocenters. The number of fused-ring (bicyclic) bond motifs is 1. The Morgan fingerprint density at radius 1 is 0.682 bits per heavy atom. The molecule has 0 saturated carbocycles. The van der Waals surface area contributed by atoms with Gasteiger partial charge in [-0.3, -0.25) is 19.6 Å². The van der Waals surface area contributed by atoms with Gasteiger partial charge in [0, 0.05) is 66.0 Å². The molecule has 12 nitrogen and oxygen atoms in total. The van der Waals surface area contributed by atoms with Crippen molar-refractivity contribution >= 4 is 11.9 Å². The number of rotatable bonds is 7. The Morgan fingerprint density at radius 2 is 1.20 bits per heavy atom. The number of nitrogens with zero attached hydrogens (tertiary/aromatic N) is 4. The van der Waals surface area contributed by atoms with Crippen molar-refractivity contribution in [2.24, 2.45) is 0 Å². The molecule has 4 rings (SSSR count). The molecule has 0 radical (unpaired) electrons. The molecule has 0 amide bonds. The van der Waals surface area contributed by atoms with Crippen LogP contribution in [-0.2, 0) is 48.4 Å². The number of benzene rings is 1. The number of carbonyl (C=O) groups is 2. The number of aromatic nitrogens is 2. The van der Waals surface area contributed by atoms with Crippen LogP contribution >= 0.6 is 0 Å². The molecule has 0 saturated heterocycles. The summed E-state index contributed by atoms with van der Waals surface area (Å²) < 4.78 is 23.9. The van der Waals surface area contributed by atoms with E-state index in [1.807, 2.05) is 30.3 Å². The van der Waals surface area contributed by atoms with Crippen LogP contribution in [0.1, 0.15) is 27.6 Å². The molecule has 0 unspecified atom stereocenters. The Balaban J connectivity index is 0.00000529. The second-order valence-electron chi connectivity index (χ2n) is 9.78. The van der Waals surface area contributed by atoms with Crippen molar-refractivity contribution in [3.63, 3.8) is 0 Å². The number of para-hydroxylation sites is 2. The Labute approximate surface area is 271 Å². The van der Waals surface area contributed by atoms with Crippen LogP contribution in [0.2, 0.25) is 0 Å². The zero-order chi connectivity index (χ0) is 30.3. The molecule has 2 aromatic heterocycles. The summed E-state index contributed by atoms with van der Waals surface area (Å²) in [6.45, 7) is 5.88. The smallest absolute Gasteiger partial charge is 0.354 e.